The zero-order valence-electron chi connectivity index (χ0n) is 12.7. The fourth-order valence-electron chi connectivity index (χ4n) is 2.47. The predicted molar refractivity (Wildman–Crippen MR) is 84.2 cm³/mol. The largest absolute Gasteiger partial charge is 0.497 e. The number of hydrogen-bond donors (Lipinski definition) is 1. The van der Waals surface area contributed by atoms with Gasteiger partial charge >= 0.3 is 0 Å². The van der Waals surface area contributed by atoms with E-state index in [4.69, 9.17) is 10.5 Å². The van der Waals surface area contributed by atoms with Crippen LogP contribution in [0.25, 0.3) is 0 Å². The summed E-state index contributed by atoms with van der Waals surface area (Å²) in [5.74, 6) is 0.847. The van der Waals surface area contributed by atoms with Gasteiger partial charge in [0.05, 0.1) is 7.11 Å². The minimum absolute atomic E-state index is 0.410. The van der Waals surface area contributed by atoms with Crippen molar-refractivity contribution in [1.29, 1.82) is 0 Å². The van der Waals surface area contributed by atoms with Crippen LogP contribution in [0.5, 0.6) is 5.75 Å². The molecule has 2 heteroatoms. The Labute approximate surface area is 121 Å². The van der Waals surface area contributed by atoms with E-state index in [0.29, 0.717) is 0 Å². The Morgan fingerprint density at radius 2 is 1.85 bits per heavy atom. The van der Waals surface area contributed by atoms with Crippen LogP contribution in [-0.4, -0.2) is 7.11 Å². The zero-order chi connectivity index (χ0) is 14.8. The van der Waals surface area contributed by atoms with E-state index >= 15 is 0 Å². The summed E-state index contributed by atoms with van der Waals surface area (Å²) in [5, 5.41) is 0. The first-order valence-electron chi connectivity index (χ1n) is 6.92. The van der Waals surface area contributed by atoms with Gasteiger partial charge < -0.3 is 10.5 Å². The van der Waals surface area contributed by atoms with Crippen LogP contribution in [0.4, 0.5) is 0 Å². The average Bonchev–Trinajstić information content (AvgIpc) is 2.43. The van der Waals surface area contributed by atoms with Crippen LogP contribution in [0.1, 0.15) is 29.2 Å². The Hall–Kier alpha value is -1.80. The van der Waals surface area contributed by atoms with Gasteiger partial charge in [0.15, 0.2) is 0 Å². The summed E-state index contributed by atoms with van der Waals surface area (Å²) in [6.45, 7) is 6.32. The molecule has 1 atom stereocenters. The van der Waals surface area contributed by atoms with E-state index in [1.54, 1.807) is 7.11 Å². The van der Waals surface area contributed by atoms with E-state index in [2.05, 4.69) is 45.0 Å². The fourth-order valence-corrected chi connectivity index (χ4v) is 2.47. The van der Waals surface area contributed by atoms with Crippen molar-refractivity contribution in [2.24, 2.45) is 5.73 Å². The molecule has 2 aromatic carbocycles. The highest BCUT2D eigenvalue weighted by Crippen LogP contribution is 2.27. The molecule has 2 N–H and O–H groups in total. The van der Waals surface area contributed by atoms with Crippen molar-refractivity contribution in [3.8, 4) is 5.75 Å². The van der Waals surface area contributed by atoms with Crippen LogP contribution in [0.15, 0.2) is 42.5 Å². The normalized spacial score (nSPS) is 13.8. The maximum absolute atomic E-state index is 6.56. The van der Waals surface area contributed by atoms with Gasteiger partial charge in [-0.25, -0.2) is 0 Å². The number of ether oxygens (including phenoxy) is 1. The second kappa shape index (κ2) is 5.68. The summed E-state index contributed by atoms with van der Waals surface area (Å²) in [4.78, 5) is 0. The van der Waals surface area contributed by atoms with Crippen molar-refractivity contribution in [2.75, 3.05) is 7.11 Å². The maximum atomic E-state index is 6.56. The Bertz CT molecular complexity index is 602. The van der Waals surface area contributed by atoms with Crippen LogP contribution in [0, 0.1) is 13.8 Å². The Morgan fingerprint density at radius 1 is 1.10 bits per heavy atom. The van der Waals surface area contributed by atoms with Crippen molar-refractivity contribution in [3.63, 3.8) is 0 Å². The predicted octanol–water partition coefficient (Wildman–Crippen LogP) is 3.73. The second-order valence-electron chi connectivity index (χ2n) is 5.76. The first-order valence-corrected chi connectivity index (χ1v) is 6.92. The van der Waals surface area contributed by atoms with Crippen molar-refractivity contribution in [3.05, 3.63) is 64.7 Å². The standard InChI is InChI=1S/C18H23NO/c1-13-8-9-14(2)15(10-13)12-18(3,19)16-6-5-7-17(11-16)20-4/h5-11H,12,19H2,1-4H3. The molecule has 0 aliphatic rings. The third-order valence-corrected chi connectivity index (χ3v) is 3.79. The highest BCUT2D eigenvalue weighted by Gasteiger charge is 2.23. The minimum atomic E-state index is -0.410. The topological polar surface area (TPSA) is 35.2 Å². The molecule has 0 spiro atoms. The molecule has 0 heterocycles. The van der Waals surface area contributed by atoms with E-state index in [0.717, 1.165) is 17.7 Å². The van der Waals surface area contributed by atoms with Crippen molar-refractivity contribution in [2.45, 2.75) is 32.7 Å². The van der Waals surface area contributed by atoms with Crippen LogP contribution >= 0.6 is 0 Å². The Balaban J connectivity index is 2.32. The molecule has 2 nitrogen and oxygen atoms in total. The van der Waals surface area contributed by atoms with Gasteiger partial charge in [-0.1, -0.05) is 35.9 Å². The highest BCUT2D eigenvalue weighted by atomic mass is 16.5. The van der Waals surface area contributed by atoms with Gasteiger partial charge in [0.1, 0.15) is 5.75 Å². The van der Waals surface area contributed by atoms with Gasteiger partial charge in [-0.05, 0) is 56.0 Å². The monoisotopic (exact) mass is 269 g/mol. The van der Waals surface area contributed by atoms with Gasteiger partial charge in [-0.15, -0.1) is 0 Å². The molecule has 0 saturated heterocycles. The molecule has 2 aromatic rings. The van der Waals surface area contributed by atoms with Gasteiger partial charge in [0.25, 0.3) is 0 Å². The number of nitrogens with two attached hydrogens (primary N) is 1. The molecule has 0 fully saturated rings. The molecule has 0 aliphatic carbocycles. The lowest BCUT2D eigenvalue weighted by molar-refractivity contribution is 0.410. The first-order chi connectivity index (χ1) is 9.42. The number of aryl methyl sites for hydroxylation is 2. The number of hydrogen-bond acceptors (Lipinski definition) is 2. The highest BCUT2D eigenvalue weighted by molar-refractivity contribution is 5.37. The Kier molecular flexibility index (Phi) is 4.15. The van der Waals surface area contributed by atoms with E-state index in [-0.39, 0.29) is 0 Å². The van der Waals surface area contributed by atoms with Gasteiger partial charge in [-0.2, -0.15) is 0 Å². The summed E-state index contributed by atoms with van der Waals surface area (Å²) in [6, 6.07) is 14.5. The fraction of sp³-hybridized carbons (Fsp3) is 0.333. The number of rotatable bonds is 4. The summed E-state index contributed by atoms with van der Waals surface area (Å²) >= 11 is 0. The molecule has 0 radical (unpaired) electrons. The second-order valence-corrected chi connectivity index (χ2v) is 5.76. The van der Waals surface area contributed by atoms with Crippen LogP contribution < -0.4 is 10.5 Å². The molecular weight excluding hydrogens is 246 g/mol. The third-order valence-electron chi connectivity index (χ3n) is 3.79. The molecule has 0 aromatic heterocycles. The molecule has 2 rings (SSSR count). The summed E-state index contributed by atoms with van der Waals surface area (Å²) < 4.78 is 5.29. The third kappa shape index (κ3) is 3.20. The van der Waals surface area contributed by atoms with Crippen molar-refractivity contribution < 1.29 is 4.74 Å². The van der Waals surface area contributed by atoms with E-state index in [1.807, 2.05) is 18.2 Å². The van der Waals surface area contributed by atoms with Gasteiger partial charge in [-0.3, -0.25) is 0 Å². The number of benzene rings is 2. The molecular formula is C18H23NO. The van der Waals surface area contributed by atoms with Crippen LogP contribution in [-0.2, 0) is 12.0 Å². The molecule has 0 bridgehead atoms. The van der Waals surface area contributed by atoms with Crippen LogP contribution in [0.2, 0.25) is 0 Å². The lowest BCUT2D eigenvalue weighted by Gasteiger charge is -2.27. The lowest BCUT2D eigenvalue weighted by Crippen LogP contribution is -2.35. The maximum Gasteiger partial charge on any atom is 0.119 e. The van der Waals surface area contributed by atoms with E-state index in [1.165, 1.54) is 16.7 Å². The van der Waals surface area contributed by atoms with Gasteiger partial charge in [0.2, 0.25) is 0 Å². The summed E-state index contributed by atoms with van der Waals surface area (Å²) in [6.07, 6.45) is 0.813. The average molecular weight is 269 g/mol. The van der Waals surface area contributed by atoms with E-state index in [9.17, 15) is 0 Å². The molecule has 0 amide bonds. The van der Waals surface area contributed by atoms with Gasteiger partial charge in [0, 0.05) is 5.54 Å². The Morgan fingerprint density at radius 3 is 2.55 bits per heavy atom. The SMILES string of the molecule is COc1cccc(C(C)(N)Cc2cc(C)ccc2C)c1. The molecule has 0 saturated carbocycles. The van der Waals surface area contributed by atoms with Crippen molar-refractivity contribution in [1.82, 2.24) is 0 Å². The quantitative estimate of drug-likeness (QED) is 0.918. The summed E-state index contributed by atoms with van der Waals surface area (Å²) in [5.41, 5.74) is 11.1. The number of methoxy groups -OCH3 is 1. The first kappa shape index (κ1) is 14.6. The molecule has 0 aliphatic heterocycles. The molecule has 106 valence electrons. The minimum Gasteiger partial charge on any atom is -0.497 e. The smallest absolute Gasteiger partial charge is 0.119 e. The van der Waals surface area contributed by atoms with Crippen LogP contribution in [0.3, 0.4) is 0 Å². The van der Waals surface area contributed by atoms with Crippen molar-refractivity contribution >= 4 is 0 Å². The van der Waals surface area contributed by atoms with E-state index < -0.39 is 5.54 Å². The zero-order valence-corrected chi connectivity index (χ0v) is 12.7. The molecule has 1 unspecified atom stereocenters. The molecule has 20 heavy (non-hydrogen) atoms. The lowest BCUT2D eigenvalue weighted by atomic mass is 9.85. The summed E-state index contributed by atoms with van der Waals surface area (Å²) in [7, 11) is 1.68.